The van der Waals surface area contributed by atoms with Crippen molar-refractivity contribution in [2.45, 2.75) is 45.6 Å². The highest BCUT2D eigenvalue weighted by atomic mass is 16.5. The smallest absolute Gasteiger partial charge is 0.0599 e. The third kappa shape index (κ3) is 7.02. The zero-order chi connectivity index (χ0) is 12.5. The van der Waals surface area contributed by atoms with E-state index in [0.29, 0.717) is 6.10 Å². The average molecular weight is 242 g/mol. The van der Waals surface area contributed by atoms with Gasteiger partial charge in [-0.05, 0) is 45.2 Å². The Labute approximate surface area is 107 Å². The molecular weight excluding hydrogens is 212 g/mol. The van der Waals surface area contributed by atoms with Gasteiger partial charge >= 0.3 is 0 Å². The lowest BCUT2D eigenvalue weighted by molar-refractivity contribution is 0.00410. The fourth-order valence-corrected chi connectivity index (χ4v) is 2.43. The molecule has 17 heavy (non-hydrogen) atoms. The second-order valence-corrected chi connectivity index (χ2v) is 5.58. The Balaban J connectivity index is 1.99. The van der Waals surface area contributed by atoms with Crippen LogP contribution in [-0.2, 0) is 4.74 Å². The molecule has 0 saturated carbocycles. The molecule has 0 aromatic rings. The number of hydrogen-bond donors (Lipinski definition) is 1. The van der Waals surface area contributed by atoms with Crippen molar-refractivity contribution in [1.82, 2.24) is 10.2 Å². The first-order valence-electron chi connectivity index (χ1n) is 7.21. The van der Waals surface area contributed by atoms with Crippen LogP contribution in [0.2, 0.25) is 0 Å². The molecule has 3 nitrogen and oxygen atoms in total. The van der Waals surface area contributed by atoms with Crippen molar-refractivity contribution in [1.29, 1.82) is 0 Å². The molecule has 0 spiro atoms. The minimum atomic E-state index is 0.521. The van der Waals surface area contributed by atoms with Gasteiger partial charge in [0.1, 0.15) is 0 Å². The van der Waals surface area contributed by atoms with E-state index < -0.39 is 0 Å². The first kappa shape index (κ1) is 14.9. The molecule has 0 radical (unpaired) electrons. The summed E-state index contributed by atoms with van der Waals surface area (Å²) in [4.78, 5) is 2.57. The topological polar surface area (TPSA) is 24.5 Å². The Morgan fingerprint density at radius 3 is 2.53 bits per heavy atom. The van der Waals surface area contributed by atoms with Crippen molar-refractivity contribution in [2.24, 2.45) is 5.92 Å². The predicted molar refractivity (Wildman–Crippen MR) is 73.4 cm³/mol. The first-order valence-corrected chi connectivity index (χ1v) is 7.21. The summed E-state index contributed by atoms with van der Waals surface area (Å²) in [5, 5.41) is 3.17. The van der Waals surface area contributed by atoms with Crippen LogP contribution in [0.5, 0.6) is 0 Å². The molecule has 0 aromatic carbocycles. The second kappa shape index (κ2) is 8.90. The molecule has 0 atom stereocenters. The van der Waals surface area contributed by atoms with E-state index in [0.717, 1.165) is 19.1 Å². The number of ether oxygens (including phenoxy) is 1. The lowest BCUT2D eigenvalue weighted by Gasteiger charge is -2.32. The van der Waals surface area contributed by atoms with Crippen LogP contribution in [0, 0.1) is 5.92 Å². The highest BCUT2D eigenvalue weighted by molar-refractivity contribution is 4.73. The number of rotatable bonds is 8. The summed E-state index contributed by atoms with van der Waals surface area (Å²) in [6.07, 6.45) is 5.38. The average Bonchev–Trinajstić information content (AvgIpc) is 2.30. The van der Waals surface area contributed by atoms with Crippen molar-refractivity contribution in [3.05, 3.63) is 0 Å². The van der Waals surface area contributed by atoms with Crippen LogP contribution in [0.25, 0.3) is 0 Å². The summed E-state index contributed by atoms with van der Waals surface area (Å²) in [5.41, 5.74) is 0. The van der Waals surface area contributed by atoms with Crippen molar-refractivity contribution in [2.75, 3.05) is 39.8 Å². The standard InChI is InChI=1S/C14H30N2O/c1-13(2)12-16-9-6-14(7-10-16)17-11-5-4-8-15-3/h13-15H,4-12H2,1-3H3. The van der Waals surface area contributed by atoms with Gasteiger partial charge in [0.25, 0.3) is 0 Å². The lowest BCUT2D eigenvalue weighted by Crippen LogP contribution is -2.39. The molecule has 1 aliphatic rings. The van der Waals surface area contributed by atoms with Crippen molar-refractivity contribution in [3.8, 4) is 0 Å². The molecule has 0 bridgehead atoms. The molecular formula is C14H30N2O. The molecule has 1 heterocycles. The van der Waals surface area contributed by atoms with E-state index in [4.69, 9.17) is 4.74 Å². The van der Waals surface area contributed by atoms with Gasteiger partial charge in [0.05, 0.1) is 6.10 Å². The van der Waals surface area contributed by atoms with Crippen LogP contribution in [0.15, 0.2) is 0 Å². The summed E-state index contributed by atoms with van der Waals surface area (Å²) in [6, 6.07) is 0. The summed E-state index contributed by atoms with van der Waals surface area (Å²) in [6.45, 7) is 10.3. The van der Waals surface area contributed by atoms with E-state index in [9.17, 15) is 0 Å². The summed E-state index contributed by atoms with van der Waals surface area (Å²) in [5.74, 6) is 0.786. The SMILES string of the molecule is CNCCCCOC1CCN(CC(C)C)CC1. The monoisotopic (exact) mass is 242 g/mol. The first-order chi connectivity index (χ1) is 8.22. The van der Waals surface area contributed by atoms with E-state index in [2.05, 4.69) is 24.1 Å². The van der Waals surface area contributed by atoms with Gasteiger partial charge in [-0.15, -0.1) is 0 Å². The number of piperidine rings is 1. The Bertz CT molecular complexity index is 177. The molecule has 0 aromatic heterocycles. The minimum absolute atomic E-state index is 0.521. The highest BCUT2D eigenvalue weighted by Gasteiger charge is 2.19. The summed E-state index contributed by atoms with van der Waals surface area (Å²) < 4.78 is 5.93. The van der Waals surface area contributed by atoms with Crippen molar-refractivity contribution in [3.63, 3.8) is 0 Å². The molecule has 1 N–H and O–H groups in total. The number of nitrogens with one attached hydrogen (secondary N) is 1. The van der Waals surface area contributed by atoms with Gasteiger partial charge in [0, 0.05) is 26.2 Å². The maximum absolute atomic E-state index is 5.93. The van der Waals surface area contributed by atoms with Crippen LogP contribution < -0.4 is 5.32 Å². The minimum Gasteiger partial charge on any atom is -0.378 e. The summed E-state index contributed by atoms with van der Waals surface area (Å²) >= 11 is 0. The normalized spacial score (nSPS) is 19.1. The lowest BCUT2D eigenvalue weighted by atomic mass is 10.1. The number of unbranched alkanes of at least 4 members (excludes halogenated alkanes) is 1. The molecule has 1 aliphatic heterocycles. The van der Waals surface area contributed by atoms with E-state index in [1.54, 1.807) is 0 Å². The Morgan fingerprint density at radius 2 is 1.94 bits per heavy atom. The van der Waals surface area contributed by atoms with Crippen LogP contribution in [-0.4, -0.2) is 50.8 Å². The van der Waals surface area contributed by atoms with Gasteiger partial charge in [-0.25, -0.2) is 0 Å². The fourth-order valence-electron chi connectivity index (χ4n) is 2.43. The van der Waals surface area contributed by atoms with Crippen LogP contribution in [0.4, 0.5) is 0 Å². The van der Waals surface area contributed by atoms with Gasteiger partial charge < -0.3 is 15.0 Å². The van der Waals surface area contributed by atoms with Crippen molar-refractivity contribution >= 4 is 0 Å². The molecule has 0 aliphatic carbocycles. The van der Waals surface area contributed by atoms with Gasteiger partial charge in [0.15, 0.2) is 0 Å². The number of hydrogen-bond acceptors (Lipinski definition) is 3. The fraction of sp³-hybridized carbons (Fsp3) is 1.00. The maximum Gasteiger partial charge on any atom is 0.0599 e. The van der Waals surface area contributed by atoms with Crippen LogP contribution in [0.1, 0.15) is 39.5 Å². The Kier molecular flexibility index (Phi) is 7.82. The van der Waals surface area contributed by atoms with Crippen LogP contribution >= 0.6 is 0 Å². The summed E-state index contributed by atoms with van der Waals surface area (Å²) in [7, 11) is 2.01. The van der Waals surface area contributed by atoms with E-state index in [1.165, 1.54) is 45.3 Å². The van der Waals surface area contributed by atoms with Gasteiger partial charge in [0.2, 0.25) is 0 Å². The van der Waals surface area contributed by atoms with E-state index in [-0.39, 0.29) is 0 Å². The molecule has 1 fully saturated rings. The van der Waals surface area contributed by atoms with Gasteiger partial charge in [-0.3, -0.25) is 0 Å². The Hall–Kier alpha value is -0.120. The highest BCUT2D eigenvalue weighted by Crippen LogP contribution is 2.15. The molecule has 0 unspecified atom stereocenters. The number of likely N-dealkylation sites (tertiary alicyclic amines) is 1. The quantitative estimate of drug-likeness (QED) is 0.660. The molecule has 0 amide bonds. The van der Waals surface area contributed by atoms with Gasteiger partial charge in [-0.2, -0.15) is 0 Å². The Morgan fingerprint density at radius 1 is 1.24 bits per heavy atom. The van der Waals surface area contributed by atoms with E-state index in [1.807, 2.05) is 7.05 Å². The molecule has 1 rings (SSSR count). The zero-order valence-electron chi connectivity index (χ0n) is 11.9. The van der Waals surface area contributed by atoms with Crippen LogP contribution in [0.3, 0.4) is 0 Å². The number of nitrogens with zero attached hydrogens (tertiary/aromatic N) is 1. The van der Waals surface area contributed by atoms with Gasteiger partial charge in [-0.1, -0.05) is 13.8 Å². The zero-order valence-corrected chi connectivity index (χ0v) is 11.9. The molecule has 102 valence electrons. The maximum atomic E-state index is 5.93. The predicted octanol–water partition coefficient (Wildman–Crippen LogP) is 2.12. The van der Waals surface area contributed by atoms with Crippen molar-refractivity contribution < 1.29 is 4.74 Å². The van der Waals surface area contributed by atoms with E-state index >= 15 is 0 Å². The third-order valence-electron chi connectivity index (χ3n) is 3.33. The molecule has 1 saturated heterocycles. The largest absolute Gasteiger partial charge is 0.378 e. The third-order valence-corrected chi connectivity index (χ3v) is 3.33. The molecule has 3 heteroatoms. The second-order valence-electron chi connectivity index (χ2n) is 5.58.